The molecule has 0 bridgehead atoms. The smallest absolute Gasteiger partial charge is 0.234 e. The molecule has 1 unspecified atom stereocenters. The summed E-state index contributed by atoms with van der Waals surface area (Å²) in [5, 5.41) is 2.83. The molecule has 1 aromatic heterocycles. The Kier molecular flexibility index (Phi) is 3.57. The SMILES string of the molecule is NCC(=O)NC(c1ccccc1)c1ccco1. The third kappa shape index (κ3) is 2.73. The average Bonchev–Trinajstić information content (AvgIpc) is 2.90. The molecule has 2 aromatic rings. The van der Waals surface area contributed by atoms with Crippen LogP contribution in [0.25, 0.3) is 0 Å². The van der Waals surface area contributed by atoms with Crippen molar-refractivity contribution in [2.24, 2.45) is 5.73 Å². The molecule has 0 saturated heterocycles. The number of amides is 1. The largest absolute Gasteiger partial charge is 0.467 e. The van der Waals surface area contributed by atoms with E-state index in [1.54, 1.807) is 12.3 Å². The zero-order valence-corrected chi connectivity index (χ0v) is 9.30. The molecular formula is C13H14N2O2. The Bertz CT molecular complexity index is 465. The van der Waals surface area contributed by atoms with Crippen LogP contribution in [0.4, 0.5) is 0 Å². The minimum atomic E-state index is -0.290. The summed E-state index contributed by atoms with van der Waals surface area (Å²) in [4.78, 5) is 11.4. The minimum Gasteiger partial charge on any atom is -0.467 e. The highest BCUT2D eigenvalue weighted by Crippen LogP contribution is 2.21. The first kappa shape index (κ1) is 11.4. The van der Waals surface area contributed by atoms with Crippen LogP contribution in [0.2, 0.25) is 0 Å². The summed E-state index contributed by atoms with van der Waals surface area (Å²) in [7, 11) is 0. The molecule has 2 rings (SSSR count). The van der Waals surface area contributed by atoms with Crippen molar-refractivity contribution in [3.8, 4) is 0 Å². The Labute approximate surface area is 99.4 Å². The molecule has 0 aliphatic carbocycles. The van der Waals surface area contributed by atoms with Gasteiger partial charge in [0.2, 0.25) is 5.91 Å². The lowest BCUT2D eigenvalue weighted by Crippen LogP contribution is -2.34. The maximum atomic E-state index is 11.4. The van der Waals surface area contributed by atoms with Crippen molar-refractivity contribution in [2.75, 3.05) is 6.54 Å². The van der Waals surface area contributed by atoms with E-state index in [9.17, 15) is 4.79 Å². The first-order valence-electron chi connectivity index (χ1n) is 5.39. The predicted molar refractivity (Wildman–Crippen MR) is 64.2 cm³/mol. The van der Waals surface area contributed by atoms with Gasteiger partial charge in [-0.15, -0.1) is 0 Å². The van der Waals surface area contributed by atoms with Gasteiger partial charge in [-0.3, -0.25) is 4.79 Å². The first-order chi connectivity index (χ1) is 8.31. The number of nitrogens with one attached hydrogen (secondary N) is 1. The second-order valence-corrected chi connectivity index (χ2v) is 3.63. The Morgan fingerprint density at radius 2 is 2.00 bits per heavy atom. The first-order valence-corrected chi connectivity index (χ1v) is 5.39. The minimum absolute atomic E-state index is 0.0377. The van der Waals surface area contributed by atoms with Gasteiger partial charge in [-0.2, -0.15) is 0 Å². The molecular weight excluding hydrogens is 216 g/mol. The van der Waals surface area contributed by atoms with E-state index in [0.29, 0.717) is 5.76 Å². The van der Waals surface area contributed by atoms with Crippen LogP contribution in [0.5, 0.6) is 0 Å². The fourth-order valence-corrected chi connectivity index (χ4v) is 1.64. The van der Waals surface area contributed by atoms with Crippen LogP contribution < -0.4 is 11.1 Å². The summed E-state index contributed by atoms with van der Waals surface area (Å²) in [6, 6.07) is 13.0. The lowest BCUT2D eigenvalue weighted by Gasteiger charge is -2.16. The van der Waals surface area contributed by atoms with Gasteiger partial charge in [-0.05, 0) is 17.7 Å². The second-order valence-electron chi connectivity index (χ2n) is 3.63. The third-order valence-electron chi connectivity index (χ3n) is 2.45. The Balaban J connectivity index is 2.28. The molecule has 0 aliphatic rings. The summed E-state index contributed by atoms with van der Waals surface area (Å²) in [5.74, 6) is 0.480. The summed E-state index contributed by atoms with van der Waals surface area (Å²) >= 11 is 0. The fraction of sp³-hybridized carbons (Fsp3) is 0.154. The van der Waals surface area contributed by atoms with Crippen LogP contribution >= 0.6 is 0 Å². The standard InChI is InChI=1S/C13H14N2O2/c14-9-12(16)15-13(11-7-4-8-17-11)10-5-2-1-3-6-10/h1-8,13H,9,14H2,(H,15,16). The van der Waals surface area contributed by atoms with Crippen molar-refractivity contribution in [3.63, 3.8) is 0 Å². The van der Waals surface area contributed by atoms with Gasteiger partial charge in [0.05, 0.1) is 12.8 Å². The molecule has 1 heterocycles. The van der Waals surface area contributed by atoms with E-state index in [0.717, 1.165) is 5.56 Å². The molecule has 1 amide bonds. The van der Waals surface area contributed by atoms with E-state index in [1.807, 2.05) is 36.4 Å². The highest BCUT2D eigenvalue weighted by Gasteiger charge is 2.18. The predicted octanol–water partition coefficient (Wildman–Crippen LogP) is 1.44. The van der Waals surface area contributed by atoms with Crippen molar-refractivity contribution < 1.29 is 9.21 Å². The molecule has 0 spiro atoms. The molecule has 4 nitrogen and oxygen atoms in total. The molecule has 4 heteroatoms. The highest BCUT2D eigenvalue weighted by molar-refractivity contribution is 5.78. The van der Waals surface area contributed by atoms with Crippen molar-refractivity contribution in [3.05, 3.63) is 60.1 Å². The lowest BCUT2D eigenvalue weighted by molar-refractivity contribution is -0.120. The number of furan rings is 1. The summed E-state index contributed by atoms with van der Waals surface area (Å²) in [6.07, 6.45) is 1.58. The summed E-state index contributed by atoms with van der Waals surface area (Å²) < 4.78 is 5.34. The number of carbonyl (C=O) groups excluding carboxylic acids is 1. The van der Waals surface area contributed by atoms with Crippen LogP contribution in [0.15, 0.2) is 53.1 Å². The van der Waals surface area contributed by atoms with Crippen molar-refractivity contribution in [2.45, 2.75) is 6.04 Å². The number of hydrogen-bond acceptors (Lipinski definition) is 3. The van der Waals surface area contributed by atoms with Crippen LogP contribution in [0.3, 0.4) is 0 Å². The van der Waals surface area contributed by atoms with Gasteiger partial charge in [0.15, 0.2) is 0 Å². The van der Waals surface area contributed by atoms with E-state index < -0.39 is 0 Å². The number of benzene rings is 1. The molecule has 3 N–H and O–H groups in total. The molecule has 0 fully saturated rings. The Hall–Kier alpha value is -2.07. The maximum absolute atomic E-state index is 11.4. The molecule has 1 aromatic carbocycles. The van der Waals surface area contributed by atoms with E-state index in [4.69, 9.17) is 10.2 Å². The second kappa shape index (κ2) is 5.32. The highest BCUT2D eigenvalue weighted by atomic mass is 16.3. The zero-order chi connectivity index (χ0) is 12.1. The molecule has 1 atom stereocenters. The molecule has 88 valence electrons. The van der Waals surface area contributed by atoms with Gasteiger partial charge in [-0.1, -0.05) is 30.3 Å². The van der Waals surface area contributed by atoms with E-state index in [2.05, 4.69) is 5.32 Å². The molecule has 0 radical (unpaired) electrons. The van der Waals surface area contributed by atoms with Gasteiger partial charge in [0, 0.05) is 0 Å². The Morgan fingerprint density at radius 1 is 1.24 bits per heavy atom. The monoisotopic (exact) mass is 230 g/mol. The van der Waals surface area contributed by atoms with Crippen molar-refractivity contribution >= 4 is 5.91 Å². The fourth-order valence-electron chi connectivity index (χ4n) is 1.64. The Morgan fingerprint density at radius 3 is 2.59 bits per heavy atom. The van der Waals surface area contributed by atoms with Gasteiger partial charge in [0.1, 0.15) is 11.8 Å². The number of nitrogens with two attached hydrogens (primary N) is 1. The van der Waals surface area contributed by atoms with Crippen LogP contribution in [-0.2, 0) is 4.79 Å². The van der Waals surface area contributed by atoms with Gasteiger partial charge in [-0.25, -0.2) is 0 Å². The van der Waals surface area contributed by atoms with Gasteiger partial charge < -0.3 is 15.5 Å². The van der Waals surface area contributed by atoms with Gasteiger partial charge in [0.25, 0.3) is 0 Å². The zero-order valence-electron chi connectivity index (χ0n) is 9.30. The van der Waals surface area contributed by atoms with Crippen molar-refractivity contribution in [1.82, 2.24) is 5.32 Å². The quantitative estimate of drug-likeness (QED) is 0.835. The summed E-state index contributed by atoms with van der Waals surface area (Å²) in [5.41, 5.74) is 6.27. The number of carbonyl (C=O) groups is 1. The summed E-state index contributed by atoms with van der Waals surface area (Å²) in [6.45, 7) is -0.0377. The molecule has 0 saturated carbocycles. The van der Waals surface area contributed by atoms with Gasteiger partial charge >= 0.3 is 0 Å². The van der Waals surface area contributed by atoms with Crippen LogP contribution in [0, 0.1) is 0 Å². The average molecular weight is 230 g/mol. The number of rotatable bonds is 4. The topological polar surface area (TPSA) is 68.3 Å². The number of hydrogen-bond donors (Lipinski definition) is 2. The third-order valence-corrected chi connectivity index (χ3v) is 2.45. The van der Waals surface area contributed by atoms with E-state index in [-0.39, 0.29) is 18.5 Å². The normalized spacial score (nSPS) is 12.1. The van der Waals surface area contributed by atoms with Crippen LogP contribution in [-0.4, -0.2) is 12.5 Å². The van der Waals surface area contributed by atoms with Crippen LogP contribution in [0.1, 0.15) is 17.4 Å². The maximum Gasteiger partial charge on any atom is 0.234 e. The van der Waals surface area contributed by atoms with E-state index in [1.165, 1.54) is 0 Å². The van der Waals surface area contributed by atoms with Crippen molar-refractivity contribution in [1.29, 1.82) is 0 Å². The molecule has 0 aliphatic heterocycles. The molecule has 17 heavy (non-hydrogen) atoms. The van der Waals surface area contributed by atoms with E-state index >= 15 is 0 Å². The lowest BCUT2D eigenvalue weighted by atomic mass is 10.0.